The van der Waals surface area contributed by atoms with Crippen LogP contribution in [0.2, 0.25) is 0 Å². The Hall–Kier alpha value is -0.750. The number of hydrogen-bond acceptors (Lipinski definition) is 3. The number of nitrogens with zero attached hydrogens (tertiary/aromatic N) is 1. The molecule has 0 fully saturated rings. The van der Waals surface area contributed by atoms with Gasteiger partial charge in [-0.05, 0) is 0 Å². The first kappa shape index (κ1) is 11.2. The Balaban J connectivity index is 3.99. The summed E-state index contributed by atoms with van der Waals surface area (Å²) in [5, 5.41) is 16.7. The van der Waals surface area contributed by atoms with Crippen LogP contribution in [-0.2, 0) is 4.79 Å². The number of carbonyl (C=O) groups excluding carboxylic acids is 1. The molecule has 0 saturated heterocycles. The highest BCUT2D eigenvalue weighted by atomic mass is 19.3. The molecule has 0 aromatic carbocycles. The third-order valence-corrected chi connectivity index (χ3v) is 1.24. The summed E-state index contributed by atoms with van der Waals surface area (Å²) < 4.78 is 23.5. The average molecular weight is 183 g/mol. The van der Waals surface area contributed by atoms with Gasteiger partial charge in [-0.2, -0.15) is 8.78 Å². The van der Waals surface area contributed by atoms with Gasteiger partial charge in [0.15, 0.2) is 0 Å². The van der Waals surface area contributed by atoms with E-state index < -0.39 is 25.5 Å². The number of aliphatic hydroxyl groups is 2. The van der Waals surface area contributed by atoms with E-state index >= 15 is 0 Å². The summed E-state index contributed by atoms with van der Waals surface area (Å²) in [5.41, 5.74) is 0. The Morgan fingerprint density at radius 3 is 1.92 bits per heavy atom. The monoisotopic (exact) mass is 183 g/mol. The summed E-state index contributed by atoms with van der Waals surface area (Å²) in [4.78, 5) is 11.3. The molecule has 4 nitrogen and oxygen atoms in total. The first-order valence-electron chi connectivity index (χ1n) is 3.42. The fourth-order valence-corrected chi connectivity index (χ4v) is 0.712. The van der Waals surface area contributed by atoms with Gasteiger partial charge >= 0.3 is 6.43 Å². The molecule has 0 rings (SSSR count). The SMILES string of the molecule is O=C(C(F)F)N(CCO)CCO. The molecule has 0 spiro atoms. The number of alkyl halides is 2. The van der Waals surface area contributed by atoms with Gasteiger partial charge in [-0.3, -0.25) is 4.79 Å². The second kappa shape index (κ2) is 5.84. The van der Waals surface area contributed by atoms with Gasteiger partial charge in [0.1, 0.15) is 0 Å². The topological polar surface area (TPSA) is 60.8 Å². The minimum atomic E-state index is -3.08. The predicted molar refractivity (Wildman–Crippen MR) is 36.8 cm³/mol. The second-order valence-electron chi connectivity index (χ2n) is 2.07. The van der Waals surface area contributed by atoms with Crippen LogP contribution in [-0.4, -0.2) is 53.7 Å². The fraction of sp³-hybridized carbons (Fsp3) is 0.833. The van der Waals surface area contributed by atoms with E-state index in [1.165, 1.54) is 0 Å². The molecule has 0 aliphatic carbocycles. The van der Waals surface area contributed by atoms with Gasteiger partial charge in [-0.15, -0.1) is 0 Å². The molecular weight excluding hydrogens is 172 g/mol. The maximum absolute atomic E-state index is 11.8. The van der Waals surface area contributed by atoms with Crippen LogP contribution in [0, 0.1) is 0 Å². The Morgan fingerprint density at radius 2 is 1.67 bits per heavy atom. The van der Waals surface area contributed by atoms with Crippen LogP contribution in [0.15, 0.2) is 0 Å². The van der Waals surface area contributed by atoms with Gasteiger partial charge in [0.25, 0.3) is 5.91 Å². The van der Waals surface area contributed by atoms with Gasteiger partial charge in [-0.1, -0.05) is 0 Å². The highest BCUT2D eigenvalue weighted by Crippen LogP contribution is 1.99. The second-order valence-corrected chi connectivity index (χ2v) is 2.07. The maximum Gasteiger partial charge on any atom is 0.315 e. The third kappa shape index (κ3) is 3.59. The van der Waals surface area contributed by atoms with E-state index in [1.807, 2.05) is 0 Å². The van der Waals surface area contributed by atoms with E-state index in [0.717, 1.165) is 0 Å². The predicted octanol–water partition coefficient (Wildman–Crippen LogP) is -0.935. The minimum Gasteiger partial charge on any atom is -0.395 e. The van der Waals surface area contributed by atoms with Crippen LogP contribution < -0.4 is 0 Å². The summed E-state index contributed by atoms with van der Waals surface area (Å²) >= 11 is 0. The van der Waals surface area contributed by atoms with Crippen molar-refractivity contribution in [2.75, 3.05) is 26.3 Å². The molecule has 0 bridgehead atoms. The van der Waals surface area contributed by atoms with E-state index in [2.05, 4.69) is 0 Å². The third-order valence-electron chi connectivity index (χ3n) is 1.24. The molecule has 0 aromatic heterocycles. The number of amides is 1. The molecule has 2 N–H and O–H groups in total. The number of hydrogen-bond donors (Lipinski definition) is 2. The molecule has 0 aromatic rings. The van der Waals surface area contributed by atoms with E-state index in [0.29, 0.717) is 4.90 Å². The first-order valence-corrected chi connectivity index (χ1v) is 3.42. The van der Waals surface area contributed by atoms with E-state index in [4.69, 9.17) is 10.2 Å². The average Bonchev–Trinajstić information content (AvgIpc) is 2.03. The lowest BCUT2D eigenvalue weighted by atomic mass is 10.4. The van der Waals surface area contributed by atoms with Gasteiger partial charge in [0.05, 0.1) is 13.2 Å². The Labute approximate surface area is 68.4 Å². The standard InChI is InChI=1S/C6H11F2NO3/c7-5(8)6(12)9(1-3-10)2-4-11/h5,10-11H,1-4H2. The zero-order chi connectivity index (χ0) is 9.56. The van der Waals surface area contributed by atoms with Gasteiger partial charge in [0.2, 0.25) is 0 Å². The van der Waals surface area contributed by atoms with Gasteiger partial charge < -0.3 is 15.1 Å². The van der Waals surface area contributed by atoms with Crippen LogP contribution in [0.3, 0.4) is 0 Å². The molecule has 0 heterocycles. The molecule has 12 heavy (non-hydrogen) atoms. The Morgan fingerprint density at radius 1 is 1.25 bits per heavy atom. The summed E-state index contributed by atoms with van der Waals surface area (Å²) in [7, 11) is 0. The number of aliphatic hydroxyl groups excluding tert-OH is 2. The highest BCUT2D eigenvalue weighted by Gasteiger charge is 2.21. The first-order chi connectivity index (χ1) is 5.63. The Bertz CT molecular complexity index is 137. The Kier molecular flexibility index (Phi) is 5.48. The van der Waals surface area contributed by atoms with E-state index in [1.54, 1.807) is 0 Å². The zero-order valence-corrected chi connectivity index (χ0v) is 6.41. The molecule has 0 atom stereocenters. The summed E-state index contributed by atoms with van der Waals surface area (Å²) in [5.74, 6) is -1.36. The van der Waals surface area contributed by atoms with Crippen molar-refractivity contribution in [3.05, 3.63) is 0 Å². The zero-order valence-electron chi connectivity index (χ0n) is 6.41. The molecule has 1 amide bonds. The van der Waals surface area contributed by atoms with Crippen LogP contribution in [0.1, 0.15) is 0 Å². The van der Waals surface area contributed by atoms with E-state index in [-0.39, 0.29) is 13.1 Å². The molecule has 0 saturated carbocycles. The van der Waals surface area contributed by atoms with Crippen LogP contribution in [0.5, 0.6) is 0 Å². The molecule has 0 unspecified atom stereocenters. The van der Waals surface area contributed by atoms with Crippen molar-refractivity contribution >= 4 is 5.91 Å². The van der Waals surface area contributed by atoms with Gasteiger partial charge in [-0.25, -0.2) is 0 Å². The minimum absolute atomic E-state index is 0.177. The van der Waals surface area contributed by atoms with Crippen LogP contribution in [0.4, 0.5) is 8.78 Å². The van der Waals surface area contributed by atoms with Crippen molar-refractivity contribution in [2.24, 2.45) is 0 Å². The fourth-order valence-electron chi connectivity index (χ4n) is 0.712. The maximum atomic E-state index is 11.8. The number of carbonyl (C=O) groups is 1. The smallest absolute Gasteiger partial charge is 0.315 e. The highest BCUT2D eigenvalue weighted by molar-refractivity contribution is 5.79. The quantitative estimate of drug-likeness (QED) is 0.578. The van der Waals surface area contributed by atoms with Crippen molar-refractivity contribution in [1.29, 1.82) is 0 Å². The normalized spacial score (nSPS) is 10.4. The molecular formula is C6H11F2NO3. The van der Waals surface area contributed by atoms with Gasteiger partial charge in [0, 0.05) is 13.1 Å². The lowest BCUT2D eigenvalue weighted by Crippen LogP contribution is -2.39. The summed E-state index contributed by atoms with van der Waals surface area (Å²) in [6, 6.07) is 0. The van der Waals surface area contributed by atoms with E-state index in [9.17, 15) is 13.6 Å². The molecule has 0 aliphatic heterocycles. The largest absolute Gasteiger partial charge is 0.395 e. The van der Waals surface area contributed by atoms with Crippen molar-refractivity contribution in [1.82, 2.24) is 4.90 Å². The lowest BCUT2D eigenvalue weighted by molar-refractivity contribution is -0.143. The number of halogens is 2. The molecule has 72 valence electrons. The summed E-state index contributed by atoms with van der Waals surface area (Å²) in [6.45, 7) is -1.13. The lowest BCUT2D eigenvalue weighted by Gasteiger charge is -2.19. The molecule has 0 radical (unpaired) electrons. The van der Waals surface area contributed by atoms with Crippen molar-refractivity contribution in [3.63, 3.8) is 0 Å². The van der Waals surface area contributed by atoms with Crippen LogP contribution >= 0.6 is 0 Å². The summed E-state index contributed by atoms with van der Waals surface area (Å²) in [6.07, 6.45) is -3.08. The number of rotatable bonds is 5. The van der Waals surface area contributed by atoms with Crippen molar-refractivity contribution in [2.45, 2.75) is 6.43 Å². The van der Waals surface area contributed by atoms with Crippen LogP contribution in [0.25, 0.3) is 0 Å². The van der Waals surface area contributed by atoms with Crippen molar-refractivity contribution in [3.8, 4) is 0 Å². The molecule has 6 heteroatoms. The van der Waals surface area contributed by atoms with Crippen molar-refractivity contribution < 1.29 is 23.8 Å². The molecule has 0 aliphatic rings.